The summed E-state index contributed by atoms with van der Waals surface area (Å²) in [5.74, 6) is -0.632. The SMILES string of the molecule is CC(=O)NC1(Nc2ccc(F)c(Cl)c2)CCC(O)CC1. The molecule has 0 atom stereocenters. The summed E-state index contributed by atoms with van der Waals surface area (Å²) in [6.45, 7) is 1.45. The first kappa shape index (κ1) is 15.1. The summed E-state index contributed by atoms with van der Waals surface area (Å²) in [7, 11) is 0. The van der Waals surface area contributed by atoms with Crippen LogP contribution in [0.25, 0.3) is 0 Å². The number of anilines is 1. The monoisotopic (exact) mass is 300 g/mol. The van der Waals surface area contributed by atoms with Crippen molar-refractivity contribution in [3.63, 3.8) is 0 Å². The molecule has 0 spiro atoms. The van der Waals surface area contributed by atoms with E-state index < -0.39 is 11.5 Å². The Morgan fingerprint density at radius 1 is 1.45 bits per heavy atom. The molecule has 0 radical (unpaired) electrons. The van der Waals surface area contributed by atoms with Crippen molar-refractivity contribution in [3.8, 4) is 0 Å². The lowest BCUT2D eigenvalue weighted by Gasteiger charge is -2.40. The predicted octanol–water partition coefficient (Wildman–Crippen LogP) is 2.66. The highest BCUT2D eigenvalue weighted by molar-refractivity contribution is 6.31. The minimum atomic E-state index is -0.619. The first-order valence-electron chi connectivity index (χ1n) is 6.60. The van der Waals surface area contributed by atoms with E-state index in [9.17, 15) is 14.3 Å². The average molecular weight is 301 g/mol. The van der Waals surface area contributed by atoms with Gasteiger partial charge in [0.2, 0.25) is 5.91 Å². The summed E-state index contributed by atoms with van der Waals surface area (Å²) >= 11 is 5.76. The van der Waals surface area contributed by atoms with Crippen molar-refractivity contribution in [2.24, 2.45) is 0 Å². The molecule has 1 aromatic carbocycles. The topological polar surface area (TPSA) is 61.4 Å². The fraction of sp³-hybridized carbons (Fsp3) is 0.500. The van der Waals surface area contributed by atoms with Gasteiger partial charge in [-0.3, -0.25) is 4.79 Å². The van der Waals surface area contributed by atoms with E-state index in [1.807, 2.05) is 0 Å². The Hall–Kier alpha value is -1.33. The highest BCUT2D eigenvalue weighted by Gasteiger charge is 2.35. The summed E-state index contributed by atoms with van der Waals surface area (Å²) in [5, 5.41) is 15.8. The summed E-state index contributed by atoms with van der Waals surface area (Å²) in [5.41, 5.74) is 0.0215. The molecule has 0 bridgehead atoms. The third-order valence-electron chi connectivity index (χ3n) is 3.53. The third kappa shape index (κ3) is 3.61. The normalized spacial score (nSPS) is 26.1. The lowest BCUT2D eigenvalue weighted by Crippen LogP contribution is -2.56. The minimum absolute atomic E-state index is 0.0313. The Labute approximate surface area is 122 Å². The number of aliphatic hydroxyl groups is 1. The maximum Gasteiger partial charge on any atom is 0.218 e. The number of rotatable bonds is 3. The van der Waals surface area contributed by atoms with Gasteiger partial charge in [-0.1, -0.05) is 11.6 Å². The van der Waals surface area contributed by atoms with Gasteiger partial charge in [0.25, 0.3) is 0 Å². The number of amides is 1. The zero-order valence-corrected chi connectivity index (χ0v) is 12.0. The molecule has 1 aromatic rings. The smallest absolute Gasteiger partial charge is 0.218 e. The Kier molecular flexibility index (Phi) is 4.50. The Bertz CT molecular complexity index is 502. The molecule has 110 valence electrons. The first-order chi connectivity index (χ1) is 9.40. The van der Waals surface area contributed by atoms with Crippen molar-refractivity contribution in [2.75, 3.05) is 5.32 Å². The number of halogens is 2. The molecular weight excluding hydrogens is 283 g/mol. The van der Waals surface area contributed by atoms with Crippen LogP contribution in [0.3, 0.4) is 0 Å². The molecule has 0 aromatic heterocycles. The lowest BCUT2D eigenvalue weighted by molar-refractivity contribution is -0.121. The molecule has 1 aliphatic carbocycles. The fourth-order valence-corrected chi connectivity index (χ4v) is 2.74. The highest BCUT2D eigenvalue weighted by Crippen LogP contribution is 2.31. The summed E-state index contributed by atoms with van der Waals surface area (Å²) in [4.78, 5) is 11.4. The van der Waals surface area contributed by atoms with E-state index in [2.05, 4.69) is 10.6 Å². The van der Waals surface area contributed by atoms with Crippen molar-refractivity contribution < 1.29 is 14.3 Å². The van der Waals surface area contributed by atoms with Crippen LogP contribution in [-0.4, -0.2) is 22.8 Å². The minimum Gasteiger partial charge on any atom is -0.393 e. The van der Waals surface area contributed by atoms with Crippen LogP contribution in [0.4, 0.5) is 10.1 Å². The van der Waals surface area contributed by atoms with E-state index in [0.29, 0.717) is 31.4 Å². The highest BCUT2D eigenvalue weighted by atomic mass is 35.5. The van der Waals surface area contributed by atoms with Crippen LogP contribution in [-0.2, 0) is 4.79 Å². The zero-order chi connectivity index (χ0) is 14.8. The summed E-state index contributed by atoms with van der Waals surface area (Å²) in [6, 6.07) is 4.35. The predicted molar refractivity (Wildman–Crippen MR) is 76.1 cm³/mol. The lowest BCUT2D eigenvalue weighted by atomic mass is 9.86. The van der Waals surface area contributed by atoms with Crippen molar-refractivity contribution in [2.45, 2.75) is 44.4 Å². The molecular formula is C14H18ClFN2O2. The number of carbonyl (C=O) groups is 1. The van der Waals surface area contributed by atoms with Gasteiger partial charge in [0.15, 0.2) is 0 Å². The van der Waals surface area contributed by atoms with Gasteiger partial charge in [-0.15, -0.1) is 0 Å². The Balaban J connectivity index is 2.18. The van der Waals surface area contributed by atoms with E-state index >= 15 is 0 Å². The number of hydrogen-bond acceptors (Lipinski definition) is 3. The molecule has 1 saturated carbocycles. The second kappa shape index (κ2) is 5.97. The number of hydrogen-bond donors (Lipinski definition) is 3. The number of benzene rings is 1. The molecule has 20 heavy (non-hydrogen) atoms. The van der Waals surface area contributed by atoms with Crippen molar-refractivity contribution in [1.29, 1.82) is 0 Å². The van der Waals surface area contributed by atoms with Gasteiger partial charge in [-0.05, 0) is 43.9 Å². The second-order valence-corrected chi connectivity index (χ2v) is 5.66. The fourth-order valence-electron chi connectivity index (χ4n) is 2.56. The van der Waals surface area contributed by atoms with E-state index in [1.165, 1.54) is 19.1 Å². The van der Waals surface area contributed by atoms with Crippen molar-refractivity contribution in [3.05, 3.63) is 29.0 Å². The molecule has 4 nitrogen and oxygen atoms in total. The molecule has 0 heterocycles. The first-order valence-corrected chi connectivity index (χ1v) is 6.98. The van der Waals surface area contributed by atoms with Crippen LogP contribution in [0.15, 0.2) is 18.2 Å². The maximum absolute atomic E-state index is 13.2. The molecule has 1 aliphatic rings. The Morgan fingerprint density at radius 2 is 2.10 bits per heavy atom. The van der Waals surface area contributed by atoms with Gasteiger partial charge < -0.3 is 15.7 Å². The molecule has 2 rings (SSSR count). The van der Waals surface area contributed by atoms with E-state index in [0.717, 1.165) is 0 Å². The average Bonchev–Trinajstić information content (AvgIpc) is 2.37. The zero-order valence-electron chi connectivity index (χ0n) is 11.2. The molecule has 6 heteroatoms. The van der Waals surface area contributed by atoms with Crippen LogP contribution in [0.1, 0.15) is 32.6 Å². The van der Waals surface area contributed by atoms with Gasteiger partial charge >= 0.3 is 0 Å². The standard InChI is InChI=1S/C14H18ClFN2O2/c1-9(19)17-14(6-4-11(20)5-7-14)18-10-2-3-13(16)12(15)8-10/h2-3,8,11,18,20H,4-7H2,1H3,(H,17,19). The van der Waals surface area contributed by atoms with Crippen LogP contribution in [0.5, 0.6) is 0 Å². The molecule has 1 fully saturated rings. The second-order valence-electron chi connectivity index (χ2n) is 5.25. The van der Waals surface area contributed by atoms with Gasteiger partial charge in [0.1, 0.15) is 11.5 Å². The largest absolute Gasteiger partial charge is 0.393 e. The van der Waals surface area contributed by atoms with E-state index in [1.54, 1.807) is 6.07 Å². The molecule has 1 amide bonds. The van der Waals surface area contributed by atoms with E-state index in [-0.39, 0.29) is 17.0 Å². The maximum atomic E-state index is 13.2. The van der Waals surface area contributed by atoms with Crippen LogP contribution >= 0.6 is 11.6 Å². The molecule has 0 aliphatic heterocycles. The molecule has 0 unspecified atom stereocenters. The summed E-state index contributed by atoms with van der Waals surface area (Å²) < 4.78 is 13.2. The Morgan fingerprint density at radius 3 is 2.65 bits per heavy atom. The molecule has 0 saturated heterocycles. The van der Waals surface area contributed by atoms with Crippen LogP contribution in [0.2, 0.25) is 5.02 Å². The summed E-state index contributed by atoms with van der Waals surface area (Å²) in [6.07, 6.45) is 2.06. The number of carbonyl (C=O) groups excluding carboxylic acids is 1. The third-order valence-corrected chi connectivity index (χ3v) is 3.82. The van der Waals surface area contributed by atoms with Gasteiger partial charge in [0.05, 0.1) is 11.1 Å². The molecule has 3 N–H and O–H groups in total. The number of aliphatic hydroxyl groups excluding tert-OH is 1. The van der Waals surface area contributed by atoms with Gasteiger partial charge in [0, 0.05) is 12.6 Å². The quantitative estimate of drug-likeness (QED) is 0.752. The number of nitrogens with one attached hydrogen (secondary N) is 2. The van der Waals surface area contributed by atoms with Gasteiger partial charge in [-0.2, -0.15) is 0 Å². The van der Waals surface area contributed by atoms with Crippen LogP contribution < -0.4 is 10.6 Å². The van der Waals surface area contributed by atoms with E-state index in [4.69, 9.17) is 11.6 Å². The van der Waals surface area contributed by atoms with Crippen molar-refractivity contribution in [1.82, 2.24) is 5.32 Å². The van der Waals surface area contributed by atoms with Gasteiger partial charge in [-0.25, -0.2) is 4.39 Å². The van der Waals surface area contributed by atoms with Crippen molar-refractivity contribution >= 4 is 23.2 Å². The van der Waals surface area contributed by atoms with Crippen LogP contribution in [0, 0.1) is 5.82 Å².